The van der Waals surface area contributed by atoms with Gasteiger partial charge < -0.3 is 45.2 Å². The van der Waals surface area contributed by atoms with Crippen molar-refractivity contribution in [1.29, 1.82) is 0 Å². The van der Waals surface area contributed by atoms with Crippen LogP contribution < -0.4 is 0 Å². The highest BCUT2D eigenvalue weighted by Gasteiger charge is 2.53. The summed E-state index contributed by atoms with van der Waals surface area (Å²) in [6, 6.07) is 0. The fourth-order valence-corrected chi connectivity index (χ4v) is 3.77. The van der Waals surface area contributed by atoms with E-state index in [0.717, 1.165) is 0 Å². The minimum Gasteiger partial charge on any atom is -0.396 e. The van der Waals surface area contributed by atoms with Crippen molar-refractivity contribution in [3.63, 3.8) is 0 Å². The van der Waals surface area contributed by atoms with Crippen LogP contribution in [0.3, 0.4) is 0 Å². The van der Waals surface area contributed by atoms with Gasteiger partial charge in [-0.15, -0.1) is 0 Å². The van der Waals surface area contributed by atoms with Gasteiger partial charge in [-0.3, -0.25) is 0 Å². The van der Waals surface area contributed by atoms with Crippen molar-refractivity contribution in [1.82, 2.24) is 0 Å². The summed E-state index contributed by atoms with van der Waals surface area (Å²) in [7, 11) is 1.28. The second-order valence-electron chi connectivity index (χ2n) is 6.33. The largest absolute Gasteiger partial charge is 0.396 e. The number of rotatable bonds is 4. The van der Waals surface area contributed by atoms with Gasteiger partial charge in [0.15, 0.2) is 6.29 Å². The van der Waals surface area contributed by atoms with Gasteiger partial charge in [0.05, 0.1) is 31.0 Å². The van der Waals surface area contributed by atoms with E-state index in [0.29, 0.717) is 0 Å². The third kappa shape index (κ3) is 3.39. The van der Waals surface area contributed by atoms with Crippen LogP contribution in [-0.4, -0.2) is 99.0 Å². The van der Waals surface area contributed by atoms with E-state index < -0.39 is 73.9 Å². The van der Waals surface area contributed by atoms with E-state index in [4.69, 9.17) is 9.47 Å². The Labute approximate surface area is 133 Å². The molecule has 1 saturated heterocycles. The highest BCUT2D eigenvalue weighted by atomic mass is 16.7. The lowest BCUT2D eigenvalue weighted by molar-refractivity contribution is -0.299. The summed E-state index contributed by atoms with van der Waals surface area (Å²) >= 11 is 0. The van der Waals surface area contributed by atoms with E-state index in [-0.39, 0.29) is 6.42 Å². The Morgan fingerprint density at radius 3 is 2.04 bits per heavy atom. The fraction of sp³-hybridized carbons (Fsp3) is 1.00. The molecule has 0 unspecified atom stereocenters. The van der Waals surface area contributed by atoms with Crippen LogP contribution in [0.25, 0.3) is 0 Å². The van der Waals surface area contributed by atoms with Crippen molar-refractivity contribution < 1.29 is 45.2 Å². The molecule has 1 heterocycles. The monoisotopic (exact) mass is 338 g/mol. The molecule has 0 aromatic heterocycles. The van der Waals surface area contributed by atoms with E-state index in [1.54, 1.807) is 0 Å². The summed E-state index contributed by atoms with van der Waals surface area (Å²) in [5, 5.41) is 69.4. The summed E-state index contributed by atoms with van der Waals surface area (Å²) in [5.74, 6) is -2.38. The molecule has 10 atom stereocenters. The maximum absolute atomic E-state index is 10.4. The van der Waals surface area contributed by atoms with E-state index >= 15 is 0 Å². The molecule has 1 aliphatic heterocycles. The number of aliphatic hydroxyl groups excluding tert-OH is 7. The Kier molecular flexibility index (Phi) is 6.34. The average molecular weight is 338 g/mol. The van der Waals surface area contributed by atoms with Crippen LogP contribution in [0.4, 0.5) is 0 Å². The molecule has 0 radical (unpaired) electrons. The zero-order valence-electron chi connectivity index (χ0n) is 12.8. The molecule has 9 nitrogen and oxygen atoms in total. The predicted octanol–water partition coefficient (Wildman–Crippen LogP) is -3.60. The molecule has 1 saturated carbocycles. The Hall–Kier alpha value is -0.360. The van der Waals surface area contributed by atoms with Crippen molar-refractivity contribution in [3.8, 4) is 0 Å². The molecule has 0 amide bonds. The van der Waals surface area contributed by atoms with Gasteiger partial charge in [0.1, 0.15) is 12.2 Å². The Morgan fingerprint density at radius 2 is 1.52 bits per heavy atom. The van der Waals surface area contributed by atoms with Crippen molar-refractivity contribution in [3.05, 3.63) is 0 Å². The number of hydrogen-bond acceptors (Lipinski definition) is 9. The lowest BCUT2D eigenvalue weighted by Crippen LogP contribution is -2.63. The van der Waals surface area contributed by atoms with Crippen LogP contribution >= 0.6 is 0 Å². The van der Waals surface area contributed by atoms with Crippen LogP contribution in [0.5, 0.6) is 0 Å². The normalized spacial score (nSPS) is 51.7. The number of hydrogen-bond donors (Lipinski definition) is 7. The third-order valence-electron chi connectivity index (χ3n) is 5.10. The average Bonchev–Trinajstić information content (AvgIpc) is 2.56. The fourth-order valence-electron chi connectivity index (χ4n) is 3.77. The maximum atomic E-state index is 10.4. The van der Waals surface area contributed by atoms with Crippen LogP contribution in [0.1, 0.15) is 6.42 Å². The first-order valence-corrected chi connectivity index (χ1v) is 7.67. The zero-order chi connectivity index (χ0) is 17.3. The molecule has 0 bridgehead atoms. The smallest absolute Gasteiger partial charge is 0.186 e. The quantitative estimate of drug-likeness (QED) is 0.275. The minimum atomic E-state index is -1.50. The van der Waals surface area contributed by atoms with E-state index in [1.807, 2.05) is 0 Å². The number of ether oxygens (including phenoxy) is 2. The van der Waals surface area contributed by atoms with E-state index in [2.05, 4.69) is 0 Å². The second-order valence-corrected chi connectivity index (χ2v) is 6.33. The van der Waals surface area contributed by atoms with E-state index in [1.165, 1.54) is 7.11 Å². The SMILES string of the molecule is CO[C@H]1O[C@H](CO)[C@@H]([C@@H]2C[C@H](CO)[C@H](O)[C@H](O)[C@H]2O)[C@H](O)[C@H]1O. The van der Waals surface area contributed by atoms with Gasteiger partial charge in [0, 0.05) is 25.6 Å². The van der Waals surface area contributed by atoms with Crippen LogP contribution in [0.2, 0.25) is 0 Å². The molecular formula is C14H26O9. The second kappa shape index (κ2) is 7.68. The van der Waals surface area contributed by atoms with Gasteiger partial charge in [-0.2, -0.15) is 0 Å². The van der Waals surface area contributed by atoms with Gasteiger partial charge in [0.25, 0.3) is 0 Å². The highest BCUT2D eigenvalue weighted by Crippen LogP contribution is 2.41. The molecule has 2 rings (SSSR count). The molecule has 0 aromatic rings. The van der Waals surface area contributed by atoms with Crippen molar-refractivity contribution in [2.75, 3.05) is 20.3 Å². The molecular weight excluding hydrogens is 312 g/mol. The summed E-state index contributed by atoms with van der Waals surface area (Å²) in [5.41, 5.74) is 0. The Morgan fingerprint density at radius 1 is 0.870 bits per heavy atom. The lowest BCUT2D eigenvalue weighted by Gasteiger charge is -2.50. The van der Waals surface area contributed by atoms with Crippen LogP contribution in [-0.2, 0) is 9.47 Å². The number of aliphatic hydroxyl groups is 7. The van der Waals surface area contributed by atoms with Crippen molar-refractivity contribution in [2.45, 2.75) is 49.3 Å². The summed E-state index contributed by atoms with van der Waals surface area (Å²) in [6.45, 7) is -0.891. The molecule has 23 heavy (non-hydrogen) atoms. The molecule has 0 aromatic carbocycles. The maximum Gasteiger partial charge on any atom is 0.186 e. The Bertz CT molecular complexity index is 377. The molecule has 2 fully saturated rings. The van der Waals surface area contributed by atoms with E-state index in [9.17, 15) is 35.7 Å². The van der Waals surface area contributed by atoms with Gasteiger partial charge in [0.2, 0.25) is 0 Å². The summed E-state index contributed by atoms with van der Waals surface area (Å²) in [6.07, 6.45) is -8.91. The Balaban J connectivity index is 2.26. The zero-order valence-corrected chi connectivity index (χ0v) is 12.8. The number of methoxy groups -OCH3 is 1. The lowest BCUT2D eigenvalue weighted by atomic mass is 9.66. The molecule has 7 N–H and O–H groups in total. The van der Waals surface area contributed by atoms with Gasteiger partial charge in [-0.1, -0.05) is 0 Å². The minimum absolute atomic E-state index is 0.0991. The molecule has 2 aliphatic rings. The highest BCUT2D eigenvalue weighted by molar-refractivity contribution is 5.01. The van der Waals surface area contributed by atoms with Gasteiger partial charge in [-0.25, -0.2) is 0 Å². The van der Waals surface area contributed by atoms with Crippen molar-refractivity contribution in [2.24, 2.45) is 17.8 Å². The first-order chi connectivity index (χ1) is 10.9. The first kappa shape index (κ1) is 19.0. The predicted molar refractivity (Wildman–Crippen MR) is 75.0 cm³/mol. The molecule has 136 valence electrons. The van der Waals surface area contributed by atoms with Crippen molar-refractivity contribution >= 4 is 0 Å². The van der Waals surface area contributed by atoms with Gasteiger partial charge in [-0.05, 0) is 12.3 Å². The summed E-state index contributed by atoms with van der Waals surface area (Å²) < 4.78 is 10.3. The third-order valence-corrected chi connectivity index (χ3v) is 5.10. The van der Waals surface area contributed by atoms with Crippen LogP contribution in [0, 0.1) is 17.8 Å². The summed E-state index contributed by atoms with van der Waals surface area (Å²) in [4.78, 5) is 0. The topological polar surface area (TPSA) is 160 Å². The molecule has 1 aliphatic carbocycles. The first-order valence-electron chi connectivity index (χ1n) is 7.67. The van der Waals surface area contributed by atoms with Crippen LogP contribution in [0.15, 0.2) is 0 Å². The standard InChI is InChI=1S/C14H26O9/c1-22-14-13(21)11(19)8(7(4-16)23-14)6-2-5(3-15)9(17)12(20)10(6)18/h5-21H,2-4H2,1H3/t5-,6+,7-,8-,9+,10+,11+,12+,13-,14+/m1/s1. The molecule has 0 spiro atoms. The molecule has 9 heteroatoms. The van der Waals surface area contributed by atoms with Gasteiger partial charge >= 0.3 is 0 Å².